The molecule has 0 bridgehead atoms. The van der Waals surface area contributed by atoms with Crippen LogP contribution in [0.3, 0.4) is 0 Å². The molecule has 3 rings (SSSR count). The maximum Gasteiger partial charge on any atom is 0.237 e. The molecule has 1 aliphatic heterocycles. The third-order valence-electron chi connectivity index (χ3n) is 4.45. The van der Waals surface area contributed by atoms with Crippen LogP contribution in [0.25, 0.3) is 10.9 Å². The van der Waals surface area contributed by atoms with Gasteiger partial charge in [0.1, 0.15) is 0 Å². The number of aromatic amines is 1. The van der Waals surface area contributed by atoms with Gasteiger partial charge in [-0.15, -0.1) is 24.8 Å². The van der Waals surface area contributed by atoms with E-state index in [1.165, 1.54) is 10.9 Å². The molecule has 1 aromatic heterocycles. The Morgan fingerprint density at radius 2 is 1.96 bits per heavy atom. The third-order valence-corrected chi connectivity index (χ3v) is 4.45. The molecule has 3 N–H and O–H groups in total. The van der Waals surface area contributed by atoms with Crippen LogP contribution in [0.1, 0.15) is 12.5 Å². The van der Waals surface area contributed by atoms with Crippen molar-refractivity contribution in [3.8, 4) is 0 Å². The molecule has 7 heteroatoms. The van der Waals surface area contributed by atoms with Crippen molar-refractivity contribution >= 4 is 41.6 Å². The Morgan fingerprint density at radius 3 is 2.71 bits per heavy atom. The number of hydrogen-bond acceptors (Lipinski definition) is 3. The van der Waals surface area contributed by atoms with E-state index in [0.29, 0.717) is 6.54 Å². The van der Waals surface area contributed by atoms with E-state index >= 15 is 0 Å². The van der Waals surface area contributed by atoms with Crippen LogP contribution in [0.5, 0.6) is 0 Å². The molecule has 0 spiro atoms. The van der Waals surface area contributed by atoms with E-state index in [4.69, 9.17) is 0 Å². The number of fused-ring (bicyclic) bond motifs is 1. The fourth-order valence-corrected chi connectivity index (χ4v) is 3.04. The molecule has 2 aromatic rings. The maximum atomic E-state index is 12.3. The second-order valence-corrected chi connectivity index (χ2v) is 5.86. The molecule has 1 aromatic carbocycles. The van der Waals surface area contributed by atoms with Crippen molar-refractivity contribution in [2.24, 2.45) is 0 Å². The molecule has 1 amide bonds. The zero-order valence-electron chi connectivity index (χ0n) is 13.9. The third kappa shape index (κ3) is 4.86. The molecule has 1 fully saturated rings. The number of nitrogens with zero attached hydrogens (tertiary/aromatic N) is 1. The summed E-state index contributed by atoms with van der Waals surface area (Å²) in [6.45, 7) is 6.48. The number of H-pyrrole nitrogens is 1. The van der Waals surface area contributed by atoms with Gasteiger partial charge in [0.25, 0.3) is 0 Å². The number of halogens is 2. The minimum absolute atomic E-state index is 0. The number of carbonyl (C=O) groups excluding carboxylic acids is 1. The summed E-state index contributed by atoms with van der Waals surface area (Å²) in [7, 11) is 0. The van der Waals surface area contributed by atoms with Crippen molar-refractivity contribution < 1.29 is 4.79 Å². The van der Waals surface area contributed by atoms with E-state index in [0.717, 1.165) is 38.1 Å². The lowest BCUT2D eigenvalue weighted by Crippen LogP contribution is -2.52. The Hall–Kier alpha value is -1.27. The molecule has 1 saturated heterocycles. The van der Waals surface area contributed by atoms with Crippen LogP contribution in [-0.4, -0.2) is 54.6 Å². The average molecular weight is 373 g/mol. The highest BCUT2D eigenvalue weighted by Gasteiger charge is 2.22. The molecule has 0 saturated carbocycles. The van der Waals surface area contributed by atoms with Gasteiger partial charge in [-0.05, 0) is 25.0 Å². The molecule has 0 aliphatic carbocycles. The van der Waals surface area contributed by atoms with Gasteiger partial charge in [0, 0.05) is 49.8 Å². The summed E-state index contributed by atoms with van der Waals surface area (Å²) in [5.41, 5.74) is 2.41. The van der Waals surface area contributed by atoms with Crippen LogP contribution in [-0.2, 0) is 11.2 Å². The summed E-state index contributed by atoms with van der Waals surface area (Å²) in [5, 5.41) is 7.62. The Kier molecular flexibility index (Phi) is 8.56. The van der Waals surface area contributed by atoms with Crippen LogP contribution in [0.15, 0.2) is 30.5 Å². The molecule has 5 nitrogen and oxygen atoms in total. The van der Waals surface area contributed by atoms with Gasteiger partial charge < -0.3 is 15.6 Å². The van der Waals surface area contributed by atoms with E-state index in [1.54, 1.807) is 0 Å². The molecule has 1 unspecified atom stereocenters. The Balaban J connectivity index is 0.00000144. The smallest absolute Gasteiger partial charge is 0.237 e. The number of carbonyl (C=O) groups is 1. The number of aromatic nitrogens is 1. The van der Waals surface area contributed by atoms with Crippen molar-refractivity contribution in [1.82, 2.24) is 20.5 Å². The van der Waals surface area contributed by atoms with Gasteiger partial charge >= 0.3 is 0 Å². The SMILES string of the molecule is CC(C(=O)NCCc1c[nH]c2ccccc12)N1CCNCC1.Cl.Cl. The Bertz CT molecular complexity index is 640. The minimum Gasteiger partial charge on any atom is -0.361 e. The zero-order chi connectivity index (χ0) is 15.4. The van der Waals surface area contributed by atoms with Gasteiger partial charge in [0.2, 0.25) is 5.91 Å². The first-order valence-corrected chi connectivity index (χ1v) is 8.03. The average Bonchev–Trinajstić information content (AvgIpc) is 2.98. The fourth-order valence-electron chi connectivity index (χ4n) is 3.04. The second kappa shape index (κ2) is 9.89. The predicted octanol–water partition coefficient (Wildman–Crippen LogP) is 1.96. The summed E-state index contributed by atoms with van der Waals surface area (Å²) in [4.78, 5) is 17.8. The summed E-state index contributed by atoms with van der Waals surface area (Å²) >= 11 is 0. The number of piperazine rings is 1. The standard InChI is InChI=1S/C17H24N4O.2ClH/c1-13(21-10-8-18-9-11-21)17(22)19-7-6-14-12-20-16-5-3-2-4-15(14)16;;/h2-5,12-13,18,20H,6-11H2,1H3,(H,19,22);2*1H. The molecule has 0 radical (unpaired) electrons. The van der Waals surface area contributed by atoms with Gasteiger partial charge in [0.15, 0.2) is 0 Å². The first-order valence-electron chi connectivity index (χ1n) is 8.03. The normalized spacial score (nSPS) is 16.0. The maximum absolute atomic E-state index is 12.3. The van der Waals surface area contributed by atoms with Crippen LogP contribution in [0.2, 0.25) is 0 Å². The number of nitrogens with one attached hydrogen (secondary N) is 3. The van der Waals surface area contributed by atoms with E-state index in [9.17, 15) is 4.79 Å². The topological polar surface area (TPSA) is 60.2 Å². The van der Waals surface area contributed by atoms with Crippen molar-refractivity contribution in [1.29, 1.82) is 0 Å². The first kappa shape index (κ1) is 20.8. The summed E-state index contributed by atoms with van der Waals surface area (Å²) in [5.74, 6) is 0.127. The molecule has 24 heavy (non-hydrogen) atoms. The van der Waals surface area contributed by atoms with Crippen molar-refractivity contribution in [3.63, 3.8) is 0 Å². The Morgan fingerprint density at radius 1 is 1.25 bits per heavy atom. The lowest BCUT2D eigenvalue weighted by atomic mass is 10.1. The molecular weight excluding hydrogens is 347 g/mol. The predicted molar refractivity (Wildman–Crippen MR) is 103 cm³/mol. The molecule has 1 aliphatic rings. The quantitative estimate of drug-likeness (QED) is 0.751. The molecule has 1 atom stereocenters. The molecule has 134 valence electrons. The fraction of sp³-hybridized carbons (Fsp3) is 0.471. The van der Waals surface area contributed by atoms with Crippen molar-refractivity contribution in [2.45, 2.75) is 19.4 Å². The van der Waals surface area contributed by atoms with Gasteiger partial charge in [-0.25, -0.2) is 0 Å². The highest BCUT2D eigenvalue weighted by Crippen LogP contribution is 2.17. The number of benzene rings is 1. The van der Waals surface area contributed by atoms with Crippen LogP contribution in [0.4, 0.5) is 0 Å². The lowest BCUT2D eigenvalue weighted by molar-refractivity contribution is -0.126. The molecule has 2 heterocycles. The first-order chi connectivity index (χ1) is 10.8. The van der Waals surface area contributed by atoms with Gasteiger partial charge in [0.05, 0.1) is 6.04 Å². The molecular formula is C17H26Cl2N4O. The largest absolute Gasteiger partial charge is 0.361 e. The van der Waals surface area contributed by atoms with Crippen LogP contribution in [0, 0.1) is 0 Å². The van der Waals surface area contributed by atoms with Crippen LogP contribution >= 0.6 is 24.8 Å². The van der Waals surface area contributed by atoms with Crippen LogP contribution < -0.4 is 10.6 Å². The number of rotatable bonds is 5. The van der Waals surface area contributed by atoms with Gasteiger partial charge in [-0.3, -0.25) is 9.69 Å². The monoisotopic (exact) mass is 372 g/mol. The summed E-state index contributed by atoms with van der Waals surface area (Å²) < 4.78 is 0. The van der Waals surface area contributed by atoms with E-state index < -0.39 is 0 Å². The highest BCUT2D eigenvalue weighted by atomic mass is 35.5. The van der Waals surface area contributed by atoms with Crippen molar-refractivity contribution in [3.05, 3.63) is 36.0 Å². The van der Waals surface area contributed by atoms with E-state index in [-0.39, 0.29) is 36.8 Å². The second-order valence-electron chi connectivity index (χ2n) is 5.86. The number of para-hydroxylation sites is 1. The highest BCUT2D eigenvalue weighted by molar-refractivity contribution is 5.86. The summed E-state index contributed by atoms with van der Waals surface area (Å²) in [6, 6.07) is 8.21. The minimum atomic E-state index is -0.0509. The number of amides is 1. The Labute approximate surface area is 155 Å². The lowest BCUT2D eigenvalue weighted by Gasteiger charge is -2.31. The zero-order valence-corrected chi connectivity index (χ0v) is 15.5. The van der Waals surface area contributed by atoms with E-state index in [2.05, 4.69) is 32.7 Å². The van der Waals surface area contributed by atoms with Gasteiger partial charge in [-0.1, -0.05) is 18.2 Å². The van der Waals surface area contributed by atoms with Crippen molar-refractivity contribution in [2.75, 3.05) is 32.7 Å². The summed E-state index contributed by atoms with van der Waals surface area (Å²) in [6.07, 6.45) is 2.89. The van der Waals surface area contributed by atoms with E-state index in [1.807, 2.05) is 25.3 Å². The van der Waals surface area contributed by atoms with Gasteiger partial charge in [-0.2, -0.15) is 0 Å². The number of hydrogen-bond donors (Lipinski definition) is 3.